The van der Waals surface area contributed by atoms with Crippen LogP contribution in [0.2, 0.25) is 0 Å². The van der Waals surface area contributed by atoms with Crippen LogP contribution in [0.3, 0.4) is 0 Å². The molecule has 0 spiro atoms. The van der Waals surface area contributed by atoms with E-state index in [2.05, 4.69) is 44.3 Å². The fourth-order valence-corrected chi connectivity index (χ4v) is 3.29. The van der Waals surface area contributed by atoms with E-state index in [1.54, 1.807) is 0 Å². The lowest BCUT2D eigenvalue weighted by molar-refractivity contribution is 0.208. The van der Waals surface area contributed by atoms with Crippen molar-refractivity contribution in [2.75, 3.05) is 36.4 Å². The minimum Gasteiger partial charge on any atom is -0.368 e. The summed E-state index contributed by atoms with van der Waals surface area (Å²) in [5, 5.41) is 3.05. The van der Waals surface area contributed by atoms with Gasteiger partial charge in [0.05, 0.1) is 0 Å². The molecule has 1 fully saturated rings. The molecule has 2 amide bonds. The average Bonchev–Trinajstić information content (AvgIpc) is 2.58. The summed E-state index contributed by atoms with van der Waals surface area (Å²) in [5.74, 6) is 0. The molecule has 3 rings (SSSR count). The normalized spacial score (nSPS) is 14.6. The third-order valence-corrected chi connectivity index (χ3v) is 4.87. The van der Waals surface area contributed by atoms with Crippen molar-refractivity contribution in [3.8, 4) is 0 Å². The molecular weight excluding hydrogens is 366 g/mol. The topological polar surface area (TPSA) is 35.6 Å². The number of anilines is 2. The molecule has 24 heavy (non-hydrogen) atoms. The molecule has 1 aliphatic rings. The van der Waals surface area contributed by atoms with Crippen molar-refractivity contribution < 1.29 is 4.79 Å². The second-order valence-electron chi connectivity index (χ2n) is 6.20. The van der Waals surface area contributed by atoms with E-state index in [0.717, 1.165) is 47.5 Å². The Bertz CT molecular complexity index is 739. The first-order valence-electron chi connectivity index (χ1n) is 8.16. The Balaban J connectivity index is 1.60. The van der Waals surface area contributed by atoms with E-state index in [4.69, 9.17) is 0 Å². The van der Waals surface area contributed by atoms with Crippen LogP contribution < -0.4 is 10.2 Å². The molecule has 2 aromatic carbocycles. The zero-order chi connectivity index (χ0) is 17.1. The van der Waals surface area contributed by atoms with Gasteiger partial charge in [0.1, 0.15) is 0 Å². The monoisotopic (exact) mass is 387 g/mol. The molecule has 126 valence electrons. The van der Waals surface area contributed by atoms with Crippen LogP contribution in [0.4, 0.5) is 16.2 Å². The maximum Gasteiger partial charge on any atom is 0.321 e. The van der Waals surface area contributed by atoms with Crippen molar-refractivity contribution in [3.63, 3.8) is 0 Å². The summed E-state index contributed by atoms with van der Waals surface area (Å²) >= 11 is 3.51. The first-order valence-corrected chi connectivity index (χ1v) is 8.96. The molecule has 1 heterocycles. The minimum atomic E-state index is -0.0161. The lowest BCUT2D eigenvalue weighted by atomic mass is 10.1. The van der Waals surface area contributed by atoms with Gasteiger partial charge < -0.3 is 15.1 Å². The Hall–Kier alpha value is -2.01. The molecule has 0 saturated carbocycles. The number of halogens is 1. The maximum atomic E-state index is 12.5. The van der Waals surface area contributed by atoms with Crippen LogP contribution in [0.5, 0.6) is 0 Å². The zero-order valence-electron chi connectivity index (χ0n) is 14.1. The van der Waals surface area contributed by atoms with Crippen LogP contribution in [0, 0.1) is 13.8 Å². The Kier molecular flexibility index (Phi) is 5.09. The molecule has 0 radical (unpaired) electrons. The fourth-order valence-electron chi connectivity index (χ4n) is 2.91. The van der Waals surface area contributed by atoms with Crippen molar-refractivity contribution in [1.82, 2.24) is 4.90 Å². The number of aryl methyl sites for hydroxylation is 2. The predicted octanol–water partition coefficient (Wildman–Crippen LogP) is 4.42. The van der Waals surface area contributed by atoms with Gasteiger partial charge in [-0.3, -0.25) is 0 Å². The molecule has 1 aliphatic heterocycles. The van der Waals surface area contributed by atoms with E-state index in [9.17, 15) is 4.79 Å². The number of urea groups is 1. The second-order valence-corrected chi connectivity index (χ2v) is 7.12. The highest BCUT2D eigenvalue weighted by atomic mass is 79.9. The van der Waals surface area contributed by atoms with E-state index >= 15 is 0 Å². The number of hydrogen-bond acceptors (Lipinski definition) is 2. The summed E-state index contributed by atoms with van der Waals surface area (Å²) in [4.78, 5) is 16.7. The van der Waals surface area contributed by atoms with E-state index in [0.29, 0.717) is 0 Å². The number of carbonyl (C=O) groups excluding carboxylic acids is 1. The molecule has 0 aromatic heterocycles. The van der Waals surface area contributed by atoms with Gasteiger partial charge in [-0.25, -0.2) is 4.79 Å². The molecule has 5 heteroatoms. The second kappa shape index (κ2) is 7.26. The van der Waals surface area contributed by atoms with E-state index in [1.807, 2.05) is 43.0 Å². The number of piperazine rings is 1. The third-order valence-electron chi connectivity index (χ3n) is 4.37. The van der Waals surface area contributed by atoms with Crippen molar-refractivity contribution in [2.24, 2.45) is 0 Å². The van der Waals surface area contributed by atoms with Gasteiger partial charge in [0.2, 0.25) is 0 Å². The smallest absolute Gasteiger partial charge is 0.321 e. The van der Waals surface area contributed by atoms with Gasteiger partial charge in [0.25, 0.3) is 0 Å². The van der Waals surface area contributed by atoms with Crippen LogP contribution in [-0.2, 0) is 0 Å². The number of rotatable bonds is 2. The average molecular weight is 388 g/mol. The first kappa shape index (κ1) is 16.8. The molecule has 1 saturated heterocycles. The highest BCUT2D eigenvalue weighted by molar-refractivity contribution is 9.10. The van der Waals surface area contributed by atoms with E-state index in [-0.39, 0.29) is 6.03 Å². The summed E-state index contributed by atoms with van der Waals surface area (Å²) in [6.07, 6.45) is 0. The zero-order valence-corrected chi connectivity index (χ0v) is 15.6. The molecule has 1 N–H and O–H groups in total. The number of hydrogen-bond donors (Lipinski definition) is 1. The summed E-state index contributed by atoms with van der Waals surface area (Å²) in [7, 11) is 0. The number of benzene rings is 2. The molecule has 4 nitrogen and oxygen atoms in total. The first-order chi connectivity index (χ1) is 11.5. The van der Waals surface area contributed by atoms with Crippen molar-refractivity contribution in [1.29, 1.82) is 0 Å². The maximum absolute atomic E-state index is 12.5. The highest BCUT2D eigenvalue weighted by Crippen LogP contribution is 2.22. The Morgan fingerprint density at radius 1 is 1.04 bits per heavy atom. The van der Waals surface area contributed by atoms with Crippen LogP contribution in [0.1, 0.15) is 11.1 Å². The number of nitrogens with zero attached hydrogens (tertiary/aromatic N) is 2. The van der Waals surface area contributed by atoms with Gasteiger partial charge in [0, 0.05) is 42.0 Å². The van der Waals surface area contributed by atoms with Crippen LogP contribution in [0.15, 0.2) is 46.9 Å². The lowest BCUT2D eigenvalue weighted by Crippen LogP contribution is -2.50. The van der Waals surface area contributed by atoms with Crippen LogP contribution >= 0.6 is 15.9 Å². The standard InChI is InChI=1S/C19H22BrN3O/c1-14-6-7-15(2)18(12-14)21-19(24)23-10-8-22(9-11-23)17-5-3-4-16(20)13-17/h3-7,12-13H,8-11H2,1-2H3,(H,21,24). The molecular formula is C19H22BrN3O. The van der Waals surface area contributed by atoms with Crippen LogP contribution in [0.25, 0.3) is 0 Å². The molecule has 0 aliphatic carbocycles. The van der Waals surface area contributed by atoms with Gasteiger partial charge in [-0.05, 0) is 49.2 Å². The van der Waals surface area contributed by atoms with E-state index < -0.39 is 0 Å². The minimum absolute atomic E-state index is 0.0161. The summed E-state index contributed by atoms with van der Waals surface area (Å²) in [6.45, 7) is 7.19. The van der Waals surface area contributed by atoms with Crippen molar-refractivity contribution in [3.05, 3.63) is 58.1 Å². The third kappa shape index (κ3) is 3.90. The number of carbonyl (C=O) groups is 1. The predicted molar refractivity (Wildman–Crippen MR) is 103 cm³/mol. The van der Waals surface area contributed by atoms with Gasteiger partial charge in [-0.1, -0.05) is 34.1 Å². The van der Waals surface area contributed by atoms with Crippen molar-refractivity contribution in [2.45, 2.75) is 13.8 Å². The lowest BCUT2D eigenvalue weighted by Gasteiger charge is -2.36. The largest absolute Gasteiger partial charge is 0.368 e. The number of nitrogens with one attached hydrogen (secondary N) is 1. The van der Waals surface area contributed by atoms with Crippen LogP contribution in [-0.4, -0.2) is 37.1 Å². The fraction of sp³-hybridized carbons (Fsp3) is 0.316. The van der Waals surface area contributed by atoms with E-state index in [1.165, 1.54) is 5.69 Å². The molecule has 0 bridgehead atoms. The van der Waals surface area contributed by atoms with Crippen molar-refractivity contribution >= 4 is 33.3 Å². The summed E-state index contributed by atoms with van der Waals surface area (Å²) in [5.41, 5.74) is 4.32. The molecule has 0 atom stereocenters. The Morgan fingerprint density at radius 3 is 2.50 bits per heavy atom. The summed E-state index contributed by atoms with van der Waals surface area (Å²) < 4.78 is 1.08. The molecule has 0 unspecified atom stereocenters. The Labute approximate surface area is 151 Å². The van der Waals surface area contributed by atoms with Gasteiger partial charge >= 0.3 is 6.03 Å². The van der Waals surface area contributed by atoms with Gasteiger partial charge in [-0.15, -0.1) is 0 Å². The quantitative estimate of drug-likeness (QED) is 0.827. The Morgan fingerprint density at radius 2 is 1.79 bits per heavy atom. The summed E-state index contributed by atoms with van der Waals surface area (Å²) in [6, 6.07) is 14.4. The molecule has 2 aromatic rings. The highest BCUT2D eigenvalue weighted by Gasteiger charge is 2.21. The SMILES string of the molecule is Cc1ccc(C)c(NC(=O)N2CCN(c3cccc(Br)c3)CC2)c1. The van der Waals surface area contributed by atoms with Gasteiger partial charge in [0.15, 0.2) is 0 Å². The number of amides is 2. The van der Waals surface area contributed by atoms with Gasteiger partial charge in [-0.2, -0.15) is 0 Å².